The first-order valence-corrected chi connectivity index (χ1v) is 4.48. The van der Waals surface area contributed by atoms with Gasteiger partial charge in [0, 0.05) is 6.20 Å². The summed E-state index contributed by atoms with van der Waals surface area (Å²) in [7, 11) is 0. The topological polar surface area (TPSA) is 45.5 Å². The second-order valence-corrected chi connectivity index (χ2v) is 3.42. The summed E-state index contributed by atoms with van der Waals surface area (Å²) in [5, 5.41) is 12.0. The van der Waals surface area contributed by atoms with E-state index in [0.29, 0.717) is 0 Å². The van der Waals surface area contributed by atoms with Crippen LogP contribution in [0, 0.1) is 6.92 Å². The number of nitrogens with zero attached hydrogens (tertiary/aromatic N) is 2. The number of pyridine rings is 1. The number of rotatable bonds is 0. The van der Waals surface area contributed by atoms with Crippen molar-refractivity contribution in [2.75, 3.05) is 0 Å². The monoisotopic (exact) mass is 176 g/mol. The third-order valence-electron chi connectivity index (χ3n) is 2.36. The highest BCUT2D eigenvalue weighted by molar-refractivity contribution is 6.00. The van der Waals surface area contributed by atoms with Gasteiger partial charge < -0.3 is 5.21 Å². The summed E-state index contributed by atoms with van der Waals surface area (Å²) >= 11 is 0. The molecule has 1 heterocycles. The Morgan fingerprint density at radius 3 is 3.08 bits per heavy atom. The van der Waals surface area contributed by atoms with E-state index >= 15 is 0 Å². The maximum Gasteiger partial charge on any atom is 0.105 e. The third-order valence-corrected chi connectivity index (χ3v) is 2.36. The fourth-order valence-electron chi connectivity index (χ4n) is 1.74. The lowest BCUT2D eigenvalue weighted by atomic mass is 9.94. The molecular formula is C10H12N2O. The summed E-state index contributed by atoms with van der Waals surface area (Å²) in [6, 6.07) is 2.12. The van der Waals surface area contributed by atoms with Crippen molar-refractivity contribution in [1.29, 1.82) is 0 Å². The standard InChI is InChI=1S/C10H12N2O/c1-7-5-8-3-2-4-9(12-13)10(8)11-6-7/h5-6,13H,2-4H2,1H3. The van der Waals surface area contributed by atoms with Crippen molar-refractivity contribution in [2.24, 2.45) is 5.16 Å². The normalized spacial score (nSPS) is 18.7. The average Bonchev–Trinajstić information content (AvgIpc) is 2.16. The van der Waals surface area contributed by atoms with Crippen LogP contribution < -0.4 is 0 Å². The molecule has 1 N–H and O–H groups in total. The van der Waals surface area contributed by atoms with E-state index in [0.717, 1.165) is 36.2 Å². The van der Waals surface area contributed by atoms with E-state index in [1.54, 1.807) is 0 Å². The summed E-state index contributed by atoms with van der Waals surface area (Å²) in [5.74, 6) is 0. The second kappa shape index (κ2) is 3.17. The molecule has 0 aromatic carbocycles. The molecule has 0 spiro atoms. The lowest BCUT2D eigenvalue weighted by molar-refractivity contribution is 0.317. The van der Waals surface area contributed by atoms with Gasteiger partial charge in [0.1, 0.15) is 5.71 Å². The smallest absolute Gasteiger partial charge is 0.105 e. The van der Waals surface area contributed by atoms with Gasteiger partial charge in [-0.05, 0) is 37.3 Å². The van der Waals surface area contributed by atoms with E-state index in [4.69, 9.17) is 5.21 Å². The molecule has 0 aliphatic heterocycles. The highest BCUT2D eigenvalue weighted by atomic mass is 16.4. The van der Waals surface area contributed by atoms with Gasteiger partial charge in [0.2, 0.25) is 0 Å². The molecule has 0 saturated heterocycles. The summed E-state index contributed by atoms with van der Waals surface area (Å²) in [6.45, 7) is 2.03. The molecule has 0 radical (unpaired) electrons. The summed E-state index contributed by atoms with van der Waals surface area (Å²) in [4.78, 5) is 4.28. The number of fused-ring (bicyclic) bond motifs is 1. The van der Waals surface area contributed by atoms with E-state index in [1.165, 1.54) is 5.56 Å². The Balaban J connectivity index is 2.52. The van der Waals surface area contributed by atoms with Crippen LogP contribution in [-0.4, -0.2) is 15.9 Å². The molecule has 1 aliphatic rings. The Morgan fingerprint density at radius 1 is 1.46 bits per heavy atom. The van der Waals surface area contributed by atoms with Crippen molar-refractivity contribution in [3.8, 4) is 0 Å². The quantitative estimate of drug-likeness (QED) is 0.484. The van der Waals surface area contributed by atoms with Gasteiger partial charge in [0.25, 0.3) is 0 Å². The van der Waals surface area contributed by atoms with Crippen molar-refractivity contribution >= 4 is 5.71 Å². The molecule has 1 aromatic heterocycles. The molecule has 13 heavy (non-hydrogen) atoms. The zero-order valence-corrected chi connectivity index (χ0v) is 7.62. The molecule has 0 unspecified atom stereocenters. The van der Waals surface area contributed by atoms with Gasteiger partial charge in [-0.15, -0.1) is 0 Å². The van der Waals surface area contributed by atoms with Gasteiger partial charge in [-0.3, -0.25) is 4.98 Å². The summed E-state index contributed by atoms with van der Waals surface area (Å²) < 4.78 is 0. The SMILES string of the molecule is Cc1cnc2c(c1)CCCC2=NO. The molecule has 0 fully saturated rings. The first-order chi connectivity index (χ1) is 6.31. The van der Waals surface area contributed by atoms with Crippen LogP contribution in [0.1, 0.15) is 29.7 Å². The number of hydrogen-bond donors (Lipinski definition) is 1. The maximum atomic E-state index is 8.76. The van der Waals surface area contributed by atoms with Crippen LogP contribution in [-0.2, 0) is 6.42 Å². The second-order valence-electron chi connectivity index (χ2n) is 3.42. The van der Waals surface area contributed by atoms with Crippen molar-refractivity contribution < 1.29 is 5.21 Å². The third kappa shape index (κ3) is 1.41. The predicted molar refractivity (Wildman–Crippen MR) is 50.2 cm³/mol. The van der Waals surface area contributed by atoms with Crippen LogP contribution in [0.5, 0.6) is 0 Å². The first-order valence-electron chi connectivity index (χ1n) is 4.48. The van der Waals surface area contributed by atoms with Gasteiger partial charge >= 0.3 is 0 Å². The van der Waals surface area contributed by atoms with Crippen LogP contribution in [0.2, 0.25) is 0 Å². The molecule has 0 saturated carbocycles. The van der Waals surface area contributed by atoms with Crippen molar-refractivity contribution in [2.45, 2.75) is 26.2 Å². The fourth-order valence-corrected chi connectivity index (χ4v) is 1.74. The Labute approximate surface area is 77.1 Å². The molecule has 0 bridgehead atoms. The molecule has 0 atom stereocenters. The molecule has 3 nitrogen and oxygen atoms in total. The van der Waals surface area contributed by atoms with Crippen molar-refractivity contribution in [3.63, 3.8) is 0 Å². The van der Waals surface area contributed by atoms with E-state index in [1.807, 2.05) is 13.1 Å². The Morgan fingerprint density at radius 2 is 2.31 bits per heavy atom. The Bertz CT molecular complexity index is 358. The zero-order chi connectivity index (χ0) is 9.26. The fraction of sp³-hybridized carbons (Fsp3) is 0.400. The van der Waals surface area contributed by atoms with Crippen LogP contribution >= 0.6 is 0 Å². The number of aromatic nitrogens is 1. The van der Waals surface area contributed by atoms with E-state index in [2.05, 4.69) is 16.2 Å². The summed E-state index contributed by atoms with van der Waals surface area (Å²) in [5.41, 5.74) is 3.97. The van der Waals surface area contributed by atoms with Gasteiger partial charge in [0.05, 0.1) is 5.69 Å². The van der Waals surface area contributed by atoms with E-state index in [-0.39, 0.29) is 0 Å². The molecule has 1 aliphatic carbocycles. The van der Waals surface area contributed by atoms with E-state index in [9.17, 15) is 0 Å². The van der Waals surface area contributed by atoms with Gasteiger partial charge in [0.15, 0.2) is 0 Å². The van der Waals surface area contributed by atoms with Gasteiger partial charge in [-0.1, -0.05) is 11.2 Å². The average molecular weight is 176 g/mol. The van der Waals surface area contributed by atoms with Gasteiger partial charge in [-0.25, -0.2) is 0 Å². The molecule has 0 amide bonds. The first kappa shape index (κ1) is 8.23. The van der Waals surface area contributed by atoms with E-state index < -0.39 is 0 Å². The van der Waals surface area contributed by atoms with Crippen LogP contribution in [0.3, 0.4) is 0 Å². The Kier molecular flexibility index (Phi) is 2.00. The molecule has 2 rings (SSSR count). The lowest BCUT2D eigenvalue weighted by Crippen LogP contribution is -2.14. The number of hydrogen-bond acceptors (Lipinski definition) is 3. The zero-order valence-electron chi connectivity index (χ0n) is 7.62. The molecule has 3 heteroatoms. The van der Waals surface area contributed by atoms with Crippen LogP contribution in [0.15, 0.2) is 17.4 Å². The maximum absolute atomic E-state index is 8.76. The molecular weight excluding hydrogens is 164 g/mol. The highest BCUT2D eigenvalue weighted by Crippen LogP contribution is 2.20. The largest absolute Gasteiger partial charge is 0.411 e. The minimum Gasteiger partial charge on any atom is -0.411 e. The van der Waals surface area contributed by atoms with Gasteiger partial charge in [-0.2, -0.15) is 0 Å². The Hall–Kier alpha value is -1.38. The minimum atomic E-state index is 0.723. The van der Waals surface area contributed by atoms with Crippen molar-refractivity contribution in [3.05, 3.63) is 29.1 Å². The van der Waals surface area contributed by atoms with Crippen LogP contribution in [0.25, 0.3) is 0 Å². The predicted octanol–water partition coefficient (Wildman–Crippen LogP) is 1.90. The number of oxime groups is 1. The highest BCUT2D eigenvalue weighted by Gasteiger charge is 2.16. The van der Waals surface area contributed by atoms with Crippen LogP contribution in [0.4, 0.5) is 0 Å². The molecule has 1 aromatic rings. The van der Waals surface area contributed by atoms with Crippen molar-refractivity contribution in [1.82, 2.24) is 4.98 Å². The summed E-state index contributed by atoms with van der Waals surface area (Å²) in [6.07, 6.45) is 4.75. The molecule has 68 valence electrons. The lowest BCUT2D eigenvalue weighted by Gasteiger charge is -2.15. The number of aryl methyl sites for hydroxylation is 2. The minimum absolute atomic E-state index is 0.723.